The number of rotatable bonds is 7. The molecule has 1 heterocycles. The van der Waals surface area contributed by atoms with Gasteiger partial charge in [-0.25, -0.2) is 8.78 Å². The molecule has 0 saturated heterocycles. The predicted molar refractivity (Wildman–Crippen MR) is 103 cm³/mol. The first-order valence-electron chi connectivity index (χ1n) is 9.17. The maximum absolute atomic E-state index is 14.3. The van der Waals surface area contributed by atoms with Crippen molar-refractivity contribution in [3.63, 3.8) is 0 Å². The summed E-state index contributed by atoms with van der Waals surface area (Å²) in [6.45, 7) is 0.165. The molecule has 2 aromatic rings. The number of carbonyl (C=O) groups excluding carboxylic acids is 2. The molecule has 0 fully saturated rings. The van der Waals surface area contributed by atoms with E-state index in [1.807, 2.05) is 30.3 Å². The van der Waals surface area contributed by atoms with Crippen LogP contribution >= 0.6 is 0 Å². The predicted octanol–water partition coefficient (Wildman–Crippen LogP) is 3.50. The van der Waals surface area contributed by atoms with Crippen LogP contribution in [0, 0.1) is 11.6 Å². The number of amides is 1. The molecule has 4 nitrogen and oxygen atoms in total. The minimum absolute atomic E-state index is 0.158. The number of nitrogens with zero attached hydrogens (tertiary/aromatic N) is 1. The van der Waals surface area contributed by atoms with Crippen molar-refractivity contribution < 1.29 is 18.4 Å². The number of likely N-dealkylation sites (N-methyl/N-ethyl adjacent to an activating group) is 1. The van der Waals surface area contributed by atoms with Crippen LogP contribution in [0.5, 0.6) is 0 Å². The van der Waals surface area contributed by atoms with E-state index < -0.39 is 23.7 Å². The van der Waals surface area contributed by atoms with Crippen LogP contribution in [0.2, 0.25) is 0 Å². The zero-order valence-corrected chi connectivity index (χ0v) is 15.6. The highest BCUT2D eigenvalue weighted by molar-refractivity contribution is 5.87. The first-order valence-corrected chi connectivity index (χ1v) is 9.17. The van der Waals surface area contributed by atoms with Gasteiger partial charge in [-0.05, 0) is 42.8 Å². The van der Waals surface area contributed by atoms with Crippen molar-refractivity contribution in [1.82, 2.24) is 10.2 Å². The molecule has 28 heavy (non-hydrogen) atoms. The van der Waals surface area contributed by atoms with Crippen molar-refractivity contribution in [2.24, 2.45) is 0 Å². The molecule has 0 aliphatic carbocycles. The Bertz CT molecular complexity index is 883. The van der Waals surface area contributed by atoms with Gasteiger partial charge in [0.1, 0.15) is 17.9 Å². The molecule has 1 amide bonds. The highest BCUT2D eigenvalue weighted by atomic mass is 19.1. The summed E-state index contributed by atoms with van der Waals surface area (Å²) in [7, 11) is 1.67. The fourth-order valence-corrected chi connectivity index (χ4v) is 3.50. The summed E-state index contributed by atoms with van der Waals surface area (Å²) in [5, 5.41) is 2.95. The standard InChI is InChI=1S/C22H22F2N2O2/c1-25-20(8-5-11-27)22(28)26-14-16(18-13-17(23)9-10-19(18)24)12-21(26)15-6-3-2-4-7-15/h2-4,6-7,9-13,20-21,25H,5,8,14H2,1H3/t20-,21?/m0/s1. The molecule has 2 aromatic carbocycles. The van der Waals surface area contributed by atoms with Gasteiger partial charge in [0, 0.05) is 18.5 Å². The highest BCUT2D eigenvalue weighted by Gasteiger charge is 2.34. The number of hydrogen-bond donors (Lipinski definition) is 1. The maximum Gasteiger partial charge on any atom is 0.240 e. The lowest BCUT2D eigenvalue weighted by molar-refractivity contribution is -0.134. The average molecular weight is 384 g/mol. The lowest BCUT2D eigenvalue weighted by Crippen LogP contribution is -2.45. The Labute approximate surface area is 162 Å². The number of benzene rings is 2. The fraction of sp³-hybridized carbons (Fsp3) is 0.273. The van der Waals surface area contributed by atoms with Crippen LogP contribution in [0.25, 0.3) is 5.57 Å². The number of carbonyl (C=O) groups is 2. The highest BCUT2D eigenvalue weighted by Crippen LogP contribution is 2.36. The lowest BCUT2D eigenvalue weighted by Gasteiger charge is -2.29. The molecule has 1 aliphatic heterocycles. The third-order valence-corrected chi connectivity index (χ3v) is 4.95. The first-order chi connectivity index (χ1) is 13.5. The van der Waals surface area contributed by atoms with E-state index >= 15 is 0 Å². The molecule has 2 atom stereocenters. The second-order valence-corrected chi connectivity index (χ2v) is 6.72. The van der Waals surface area contributed by atoms with Crippen molar-refractivity contribution in [1.29, 1.82) is 0 Å². The zero-order chi connectivity index (χ0) is 20.1. The van der Waals surface area contributed by atoms with Gasteiger partial charge in [-0.3, -0.25) is 4.79 Å². The Kier molecular flexibility index (Phi) is 6.31. The summed E-state index contributed by atoms with van der Waals surface area (Å²) in [6.07, 6.45) is 3.22. The minimum atomic E-state index is -0.530. The molecule has 1 unspecified atom stereocenters. The molecule has 146 valence electrons. The normalized spacial score (nSPS) is 17.3. The molecule has 0 aromatic heterocycles. The Balaban J connectivity index is 1.97. The topological polar surface area (TPSA) is 49.4 Å². The summed E-state index contributed by atoms with van der Waals surface area (Å²) >= 11 is 0. The van der Waals surface area contributed by atoms with E-state index in [2.05, 4.69) is 5.32 Å². The van der Waals surface area contributed by atoms with E-state index in [0.717, 1.165) is 30.0 Å². The third-order valence-electron chi connectivity index (χ3n) is 4.95. The first kappa shape index (κ1) is 19.9. The number of nitrogens with one attached hydrogen (secondary N) is 1. The SMILES string of the molecule is CN[C@@H](CCC=O)C(=O)N1CC(c2cc(F)ccc2F)=CC1c1ccccc1. The van der Waals surface area contributed by atoms with Gasteiger partial charge in [-0.2, -0.15) is 0 Å². The van der Waals surface area contributed by atoms with Crippen LogP contribution < -0.4 is 5.32 Å². The van der Waals surface area contributed by atoms with Crippen molar-refractivity contribution in [2.75, 3.05) is 13.6 Å². The van der Waals surface area contributed by atoms with E-state index in [0.29, 0.717) is 12.0 Å². The van der Waals surface area contributed by atoms with E-state index in [9.17, 15) is 18.4 Å². The molecule has 6 heteroatoms. The summed E-state index contributed by atoms with van der Waals surface area (Å²) in [6, 6.07) is 11.8. The Hall–Kier alpha value is -2.86. The van der Waals surface area contributed by atoms with Gasteiger partial charge >= 0.3 is 0 Å². The van der Waals surface area contributed by atoms with Gasteiger partial charge in [-0.1, -0.05) is 36.4 Å². The second kappa shape index (κ2) is 8.89. The van der Waals surface area contributed by atoms with Crippen molar-refractivity contribution >= 4 is 17.8 Å². The van der Waals surface area contributed by atoms with E-state index in [4.69, 9.17) is 0 Å². The summed E-state index contributed by atoms with van der Waals surface area (Å²) in [4.78, 5) is 25.5. The van der Waals surface area contributed by atoms with Gasteiger partial charge < -0.3 is 15.0 Å². The third kappa shape index (κ3) is 4.17. The Morgan fingerprint density at radius 3 is 2.68 bits per heavy atom. The Morgan fingerprint density at radius 1 is 1.25 bits per heavy atom. The van der Waals surface area contributed by atoms with Crippen molar-refractivity contribution in [3.05, 3.63) is 77.4 Å². The monoisotopic (exact) mass is 384 g/mol. The second-order valence-electron chi connectivity index (χ2n) is 6.72. The minimum Gasteiger partial charge on any atom is -0.326 e. The molecular formula is C22H22F2N2O2. The molecule has 0 saturated carbocycles. The smallest absolute Gasteiger partial charge is 0.240 e. The Morgan fingerprint density at radius 2 is 2.00 bits per heavy atom. The van der Waals surface area contributed by atoms with Crippen molar-refractivity contribution in [3.8, 4) is 0 Å². The molecule has 0 spiro atoms. The van der Waals surface area contributed by atoms with E-state index in [1.165, 1.54) is 0 Å². The van der Waals surface area contributed by atoms with E-state index in [-0.39, 0.29) is 24.4 Å². The summed E-state index contributed by atoms with van der Waals surface area (Å²) in [5.74, 6) is -1.24. The largest absolute Gasteiger partial charge is 0.326 e. The fourth-order valence-electron chi connectivity index (χ4n) is 3.50. The number of aldehydes is 1. The van der Waals surface area contributed by atoms with Gasteiger partial charge in [0.25, 0.3) is 0 Å². The van der Waals surface area contributed by atoms with Crippen molar-refractivity contribution in [2.45, 2.75) is 24.9 Å². The molecule has 3 rings (SSSR count). The number of hydrogen-bond acceptors (Lipinski definition) is 3. The summed E-state index contributed by atoms with van der Waals surface area (Å²) < 4.78 is 28.0. The average Bonchev–Trinajstić information content (AvgIpc) is 3.16. The maximum atomic E-state index is 14.3. The van der Waals surface area contributed by atoms with Crippen LogP contribution in [0.15, 0.2) is 54.6 Å². The van der Waals surface area contributed by atoms with Crippen LogP contribution in [-0.4, -0.2) is 36.7 Å². The zero-order valence-electron chi connectivity index (χ0n) is 15.6. The van der Waals surface area contributed by atoms with Gasteiger partial charge in [0.2, 0.25) is 5.91 Å². The molecule has 0 bridgehead atoms. The number of halogens is 2. The molecular weight excluding hydrogens is 362 g/mol. The van der Waals surface area contributed by atoms with Gasteiger partial charge in [0.05, 0.1) is 12.1 Å². The van der Waals surface area contributed by atoms with Crippen LogP contribution in [0.3, 0.4) is 0 Å². The quantitative estimate of drug-likeness (QED) is 0.744. The van der Waals surface area contributed by atoms with Gasteiger partial charge in [-0.15, -0.1) is 0 Å². The van der Waals surface area contributed by atoms with E-state index in [1.54, 1.807) is 18.0 Å². The molecule has 1 aliphatic rings. The van der Waals surface area contributed by atoms with Crippen LogP contribution in [-0.2, 0) is 9.59 Å². The van der Waals surface area contributed by atoms with Crippen LogP contribution in [0.4, 0.5) is 8.78 Å². The molecule has 1 N–H and O–H groups in total. The van der Waals surface area contributed by atoms with Gasteiger partial charge in [0.15, 0.2) is 0 Å². The lowest BCUT2D eigenvalue weighted by atomic mass is 10.0. The molecule has 0 radical (unpaired) electrons. The van der Waals surface area contributed by atoms with Crippen LogP contribution in [0.1, 0.15) is 30.0 Å². The summed E-state index contributed by atoms with van der Waals surface area (Å²) in [5.41, 5.74) is 1.60.